The number of hydrogen-bond acceptors (Lipinski definition) is 5. The summed E-state index contributed by atoms with van der Waals surface area (Å²) in [6, 6.07) is 4.71. The molecule has 4 rings (SSSR count). The molecule has 7 nitrogen and oxygen atoms in total. The van der Waals surface area contributed by atoms with Crippen molar-refractivity contribution in [3.05, 3.63) is 53.4 Å². The summed E-state index contributed by atoms with van der Waals surface area (Å²) in [5.41, 5.74) is 0.700. The molecule has 1 fully saturated rings. The SMILES string of the molecule is COC(=O)c1ccc2c(c1)OC[C@H](C1(C)C=CC(F)=CC1)N(C(=O)N1CCOCC1)C2. The quantitative estimate of drug-likeness (QED) is 0.674. The molecule has 1 aromatic rings. The smallest absolute Gasteiger partial charge is 0.337 e. The number of fused-ring (bicyclic) bond motifs is 1. The minimum absolute atomic E-state index is 0.0913. The molecule has 0 spiro atoms. The van der Waals surface area contributed by atoms with Gasteiger partial charge in [0.05, 0.1) is 38.5 Å². The van der Waals surface area contributed by atoms with Crippen LogP contribution in [0.15, 0.2) is 42.3 Å². The molecule has 3 aliphatic rings. The first kappa shape index (κ1) is 21.4. The van der Waals surface area contributed by atoms with Gasteiger partial charge >= 0.3 is 12.0 Å². The van der Waals surface area contributed by atoms with E-state index in [2.05, 4.69) is 0 Å². The third-order valence-electron chi connectivity index (χ3n) is 6.25. The van der Waals surface area contributed by atoms with Crippen molar-refractivity contribution in [1.82, 2.24) is 9.80 Å². The first-order valence-corrected chi connectivity index (χ1v) is 10.4. The number of morpholine rings is 1. The molecule has 31 heavy (non-hydrogen) atoms. The van der Waals surface area contributed by atoms with Crippen LogP contribution in [-0.4, -0.2) is 67.9 Å². The number of ether oxygens (including phenoxy) is 3. The molecule has 1 saturated heterocycles. The molecule has 8 heteroatoms. The molecular weight excluding hydrogens is 403 g/mol. The number of rotatable bonds is 2. The number of amides is 2. The van der Waals surface area contributed by atoms with E-state index < -0.39 is 11.4 Å². The van der Waals surface area contributed by atoms with E-state index in [1.54, 1.807) is 29.2 Å². The largest absolute Gasteiger partial charge is 0.491 e. The summed E-state index contributed by atoms with van der Waals surface area (Å²) in [5, 5.41) is 0. The molecule has 0 bridgehead atoms. The van der Waals surface area contributed by atoms with Crippen LogP contribution >= 0.6 is 0 Å². The average Bonchev–Trinajstić information content (AvgIpc) is 3.00. The molecule has 0 radical (unpaired) electrons. The number of hydrogen-bond donors (Lipinski definition) is 0. The lowest BCUT2D eigenvalue weighted by atomic mass is 9.76. The van der Waals surface area contributed by atoms with Crippen molar-refractivity contribution in [3.8, 4) is 5.75 Å². The van der Waals surface area contributed by atoms with Crippen LogP contribution in [-0.2, 0) is 16.0 Å². The normalized spacial score (nSPS) is 25.8. The Hall–Kier alpha value is -2.87. The van der Waals surface area contributed by atoms with Crippen molar-refractivity contribution in [3.63, 3.8) is 0 Å². The fourth-order valence-corrected chi connectivity index (χ4v) is 4.27. The van der Waals surface area contributed by atoms with Crippen molar-refractivity contribution in [2.45, 2.75) is 25.9 Å². The zero-order valence-electron chi connectivity index (χ0n) is 17.8. The second-order valence-corrected chi connectivity index (χ2v) is 8.28. The standard InChI is InChI=1S/C23H27FN2O5/c1-23(7-5-18(24)6-8-23)20-15-31-19-13-16(21(27)29-2)3-4-17(19)14-26(20)22(28)25-9-11-30-12-10-25/h3-7,13,20H,8-12,14-15H2,1-2H3/t20-,23?/m1/s1. The highest BCUT2D eigenvalue weighted by Crippen LogP contribution is 2.40. The molecule has 166 valence electrons. The van der Waals surface area contributed by atoms with E-state index in [4.69, 9.17) is 14.2 Å². The highest BCUT2D eigenvalue weighted by molar-refractivity contribution is 5.90. The van der Waals surface area contributed by atoms with Gasteiger partial charge in [0.15, 0.2) is 0 Å². The summed E-state index contributed by atoms with van der Waals surface area (Å²) < 4.78 is 30.0. The van der Waals surface area contributed by atoms with Crippen LogP contribution in [0, 0.1) is 5.41 Å². The van der Waals surface area contributed by atoms with Gasteiger partial charge in [-0.05, 0) is 30.7 Å². The average molecular weight is 430 g/mol. The van der Waals surface area contributed by atoms with E-state index in [9.17, 15) is 14.0 Å². The van der Waals surface area contributed by atoms with Crippen molar-refractivity contribution in [2.24, 2.45) is 5.41 Å². The van der Waals surface area contributed by atoms with Gasteiger partial charge in [-0.1, -0.05) is 19.1 Å². The minimum atomic E-state index is -0.495. The van der Waals surface area contributed by atoms with Crippen molar-refractivity contribution < 1.29 is 28.2 Å². The zero-order chi connectivity index (χ0) is 22.0. The summed E-state index contributed by atoms with van der Waals surface area (Å²) in [6.45, 7) is 4.62. The molecule has 0 saturated carbocycles. The van der Waals surface area contributed by atoms with Crippen LogP contribution in [0.4, 0.5) is 9.18 Å². The molecule has 1 aromatic carbocycles. The first-order chi connectivity index (χ1) is 14.9. The van der Waals surface area contributed by atoms with Crippen LogP contribution in [0.1, 0.15) is 29.3 Å². The van der Waals surface area contributed by atoms with E-state index in [0.29, 0.717) is 50.6 Å². The maximum Gasteiger partial charge on any atom is 0.337 e. The Kier molecular flexibility index (Phi) is 6.00. The Labute approximate surface area is 181 Å². The van der Waals surface area contributed by atoms with Gasteiger partial charge in [0.1, 0.15) is 18.2 Å². The Morgan fingerprint density at radius 2 is 2.03 bits per heavy atom. The highest BCUT2D eigenvalue weighted by Gasteiger charge is 2.42. The van der Waals surface area contributed by atoms with Gasteiger partial charge in [-0.2, -0.15) is 0 Å². The summed E-state index contributed by atoms with van der Waals surface area (Å²) in [4.78, 5) is 29.1. The van der Waals surface area contributed by atoms with Crippen LogP contribution in [0.5, 0.6) is 5.75 Å². The second kappa shape index (κ2) is 8.70. The van der Waals surface area contributed by atoms with Crippen LogP contribution in [0.3, 0.4) is 0 Å². The van der Waals surface area contributed by atoms with Crippen molar-refractivity contribution in [1.29, 1.82) is 0 Å². The van der Waals surface area contributed by atoms with Gasteiger partial charge in [-0.25, -0.2) is 14.0 Å². The molecule has 2 aliphatic heterocycles. The summed E-state index contributed by atoms with van der Waals surface area (Å²) in [6.07, 6.45) is 5.28. The number of methoxy groups -OCH3 is 1. The van der Waals surface area contributed by atoms with Crippen LogP contribution in [0.2, 0.25) is 0 Å². The maximum atomic E-state index is 13.7. The fraction of sp³-hybridized carbons (Fsp3) is 0.478. The Balaban J connectivity index is 1.68. The number of halogens is 1. The molecule has 2 amide bonds. The van der Waals surface area contributed by atoms with Gasteiger partial charge in [0.2, 0.25) is 0 Å². The van der Waals surface area contributed by atoms with Gasteiger partial charge in [0, 0.05) is 24.1 Å². The van der Waals surface area contributed by atoms with Gasteiger partial charge in [-0.15, -0.1) is 0 Å². The van der Waals surface area contributed by atoms with E-state index >= 15 is 0 Å². The number of carbonyl (C=O) groups excluding carboxylic acids is 2. The number of esters is 1. The molecule has 0 N–H and O–H groups in total. The van der Waals surface area contributed by atoms with Crippen LogP contribution in [0.25, 0.3) is 0 Å². The number of benzene rings is 1. The van der Waals surface area contributed by atoms with Gasteiger partial charge in [-0.3, -0.25) is 0 Å². The number of urea groups is 1. The second-order valence-electron chi connectivity index (χ2n) is 8.28. The first-order valence-electron chi connectivity index (χ1n) is 10.4. The Bertz CT molecular complexity index is 925. The van der Waals surface area contributed by atoms with E-state index in [-0.39, 0.29) is 24.5 Å². The van der Waals surface area contributed by atoms with E-state index in [1.165, 1.54) is 13.2 Å². The Morgan fingerprint density at radius 3 is 2.71 bits per heavy atom. The predicted octanol–water partition coefficient (Wildman–Crippen LogP) is 3.31. The van der Waals surface area contributed by atoms with Gasteiger partial charge < -0.3 is 24.0 Å². The van der Waals surface area contributed by atoms with Crippen molar-refractivity contribution in [2.75, 3.05) is 40.0 Å². The minimum Gasteiger partial charge on any atom is -0.491 e. The number of nitrogens with zero attached hydrogens (tertiary/aromatic N) is 2. The Morgan fingerprint density at radius 1 is 1.26 bits per heavy atom. The molecule has 2 atom stereocenters. The lowest BCUT2D eigenvalue weighted by molar-refractivity contribution is 0.0250. The summed E-state index contributed by atoms with van der Waals surface area (Å²) in [7, 11) is 1.33. The number of allylic oxidation sites excluding steroid dienone is 3. The molecule has 1 unspecified atom stereocenters. The van der Waals surface area contributed by atoms with Crippen LogP contribution < -0.4 is 4.74 Å². The topological polar surface area (TPSA) is 68.3 Å². The molecule has 0 aromatic heterocycles. The van der Waals surface area contributed by atoms with E-state index in [0.717, 1.165) is 5.56 Å². The van der Waals surface area contributed by atoms with Crippen molar-refractivity contribution >= 4 is 12.0 Å². The third-order valence-corrected chi connectivity index (χ3v) is 6.25. The summed E-state index contributed by atoms with van der Waals surface area (Å²) in [5.74, 6) is -0.171. The fourth-order valence-electron chi connectivity index (χ4n) is 4.27. The van der Waals surface area contributed by atoms with E-state index in [1.807, 2.05) is 17.9 Å². The maximum absolute atomic E-state index is 13.7. The third kappa shape index (κ3) is 4.30. The zero-order valence-corrected chi connectivity index (χ0v) is 17.8. The number of carbonyl (C=O) groups is 2. The summed E-state index contributed by atoms with van der Waals surface area (Å²) >= 11 is 0. The lowest BCUT2D eigenvalue weighted by Gasteiger charge is -2.43. The predicted molar refractivity (Wildman–Crippen MR) is 111 cm³/mol. The monoisotopic (exact) mass is 430 g/mol. The van der Waals surface area contributed by atoms with Gasteiger partial charge in [0.25, 0.3) is 0 Å². The lowest BCUT2D eigenvalue weighted by Crippen LogP contribution is -2.56. The highest BCUT2D eigenvalue weighted by atomic mass is 19.1. The molecule has 1 aliphatic carbocycles. The molecule has 2 heterocycles. The molecular formula is C23H27FN2O5.